The lowest BCUT2D eigenvalue weighted by atomic mass is 9.83. The topological polar surface area (TPSA) is 64.8 Å². The molecule has 2 heterocycles. The number of nitrogens with two attached hydrogens (primary N) is 1. The number of amides is 1. The van der Waals surface area contributed by atoms with Crippen LogP contribution in [0.25, 0.3) is 0 Å². The molecule has 19 heavy (non-hydrogen) atoms. The van der Waals surface area contributed by atoms with Gasteiger partial charge in [0, 0.05) is 19.7 Å². The molecule has 0 radical (unpaired) electrons. The Balaban J connectivity index is 1.98. The first-order valence-corrected chi connectivity index (χ1v) is 7.19. The third kappa shape index (κ3) is 3.60. The van der Waals surface area contributed by atoms with Crippen LogP contribution in [0.2, 0.25) is 0 Å². The quantitative estimate of drug-likeness (QED) is 0.790. The van der Waals surface area contributed by atoms with Crippen molar-refractivity contribution in [1.82, 2.24) is 4.90 Å². The molecule has 2 saturated heterocycles. The summed E-state index contributed by atoms with van der Waals surface area (Å²) in [6.45, 7) is 7.68. The second kappa shape index (κ2) is 5.29. The second-order valence-corrected chi connectivity index (χ2v) is 6.74. The van der Waals surface area contributed by atoms with E-state index in [1.54, 1.807) is 4.90 Å². The standard InChI is InChI=1S/C14H26N2O3/c1-13(2,3)19-12(17)16-8-5-7-14(15,10-16)11-6-4-9-18-11/h11H,4-10,15H2,1-3H3. The number of likely N-dealkylation sites (tertiary alicyclic amines) is 1. The minimum Gasteiger partial charge on any atom is -0.444 e. The maximum absolute atomic E-state index is 12.1. The number of rotatable bonds is 1. The van der Waals surface area contributed by atoms with Gasteiger partial charge in [-0.05, 0) is 46.5 Å². The SMILES string of the molecule is CC(C)(C)OC(=O)N1CCCC(N)(C2CCCO2)C1. The molecule has 2 atom stereocenters. The van der Waals surface area contributed by atoms with Crippen molar-refractivity contribution in [3.05, 3.63) is 0 Å². The van der Waals surface area contributed by atoms with Gasteiger partial charge < -0.3 is 20.1 Å². The molecule has 2 aliphatic heterocycles. The van der Waals surface area contributed by atoms with E-state index < -0.39 is 11.1 Å². The summed E-state index contributed by atoms with van der Waals surface area (Å²) >= 11 is 0. The summed E-state index contributed by atoms with van der Waals surface area (Å²) in [5, 5.41) is 0. The first kappa shape index (κ1) is 14.6. The van der Waals surface area contributed by atoms with Crippen LogP contribution in [0.4, 0.5) is 4.79 Å². The summed E-state index contributed by atoms with van der Waals surface area (Å²) in [5.74, 6) is 0. The molecular formula is C14H26N2O3. The van der Waals surface area contributed by atoms with E-state index in [0.29, 0.717) is 6.54 Å². The predicted molar refractivity (Wildman–Crippen MR) is 72.9 cm³/mol. The van der Waals surface area contributed by atoms with Gasteiger partial charge in [0.25, 0.3) is 0 Å². The highest BCUT2D eigenvalue weighted by Gasteiger charge is 2.43. The number of hydrogen-bond donors (Lipinski definition) is 1. The van der Waals surface area contributed by atoms with E-state index in [1.807, 2.05) is 20.8 Å². The number of piperidine rings is 1. The molecule has 0 saturated carbocycles. The van der Waals surface area contributed by atoms with Crippen LogP contribution in [0.1, 0.15) is 46.5 Å². The third-order valence-electron chi connectivity index (χ3n) is 3.78. The molecular weight excluding hydrogens is 244 g/mol. The van der Waals surface area contributed by atoms with Crippen LogP contribution >= 0.6 is 0 Å². The third-order valence-corrected chi connectivity index (χ3v) is 3.78. The minimum absolute atomic E-state index is 0.0812. The van der Waals surface area contributed by atoms with Gasteiger partial charge in [0.2, 0.25) is 0 Å². The smallest absolute Gasteiger partial charge is 0.410 e. The minimum atomic E-state index is -0.463. The van der Waals surface area contributed by atoms with Crippen molar-refractivity contribution in [1.29, 1.82) is 0 Å². The van der Waals surface area contributed by atoms with Gasteiger partial charge in [-0.2, -0.15) is 0 Å². The molecule has 0 bridgehead atoms. The molecule has 2 unspecified atom stereocenters. The van der Waals surface area contributed by atoms with Crippen molar-refractivity contribution < 1.29 is 14.3 Å². The van der Waals surface area contributed by atoms with Gasteiger partial charge >= 0.3 is 6.09 Å². The van der Waals surface area contributed by atoms with Crippen LogP contribution < -0.4 is 5.73 Å². The number of ether oxygens (including phenoxy) is 2. The average molecular weight is 270 g/mol. The van der Waals surface area contributed by atoms with E-state index in [-0.39, 0.29) is 12.2 Å². The lowest BCUT2D eigenvalue weighted by Gasteiger charge is -2.43. The van der Waals surface area contributed by atoms with Gasteiger partial charge in [-0.25, -0.2) is 4.79 Å². The van der Waals surface area contributed by atoms with E-state index in [2.05, 4.69) is 0 Å². The Bertz CT molecular complexity index is 334. The Hall–Kier alpha value is -0.810. The normalized spacial score (nSPS) is 32.4. The zero-order valence-corrected chi connectivity index (χ0v) is 12.3. The lowest BCUT2D eigenvalue weighted by molar-refractivity contribution is -0.0141. The highest BCUT2D eigenvalue weighted by Crippen LogP contribution is 2.30. The van der Waals surface area contributed by atoms with E-state index in [9.17, 15) is 4.79 Å². The fraction of sp³-hybridized carbons (Fsp3) is 0.929. The molecule has 110 valence electrons. The molecule has 2 aliphatic rings. The summed E-state index contributed by atoms with van der Waals surface area (Å²) in [4.78, 5) is 13.9. The zero-order valence-electron chi connectivity index (χ0n) is 12.3. The largest absolute Gasteiger partial charge is 0.444 e. The molecule has 2 fully saturated rings. The lowest BCUT2D eigenvalue weighted by Crippen LogP contribution is -2.62. The fourth-order valence-corrected chi connectivity index (χ4v) is 2.89. The van der Waals surface area contributed by atoms with Gasteiger partial charge in [-0.1, -0.05) is 0 Å². The Morgan fingerprint density at radius 3 is 2.74 bits per heavy atom. The highest BCUT2D eigenvalue weighted by atomic mass is 16.6. The Morgan fingerprint density at radius 2 is 2.16 bits per heavy atom. The zero-order chi connectivity index (χ0) is 14.1. The van der Waals surface area contributed by atoms with Gasteiger partial charge in [0.1, 0.15) is 5.60 Å². The van der Waals surface area contributed by atoms with Crippen LogP contribution in [0.3, 0.4) is 0 Å². The van der Waals surface area contributed by atoms with Crippen LogP contribution in [-0.2, 0) is 9.47 Å². The van der Waals surface area contributed by atoms with E-state index >= 15 is 0 Å². The Kier molecular flexibility index (Phi) is 4.06. The number of nitrogens with zero attached hydrogens (tertiary/aromatic N) is 1. The Morgan fingerprint density at radius 1 is 1.42 bits per heavy atom. The molecule has 5 heteroatoms. The molecule has 0 spiro atoms. The van der Waals surface area contributed by atoms with Crippen LogP contribution in [0.5, 0.6) is 0 Å². The maximum atomic E-state index is 12.1. The van der Waals surface area contributed by atoms with Crippen molar-refractivity contribution in [3.63, 3.8) is 0 Å². The first-order valence-electron chi connectivity index (χ1n) is 7.19. The highest BCUT2D eigenvalue weighted by molar-refractivity contribution is 5.68. The van der Waals surface area contributed by atoms with Crippen LogP contribution in [0, 0.1) is 0 Å². The Labute approximate surface area is 115 Å². The number of carbonyl (C=O) groups excluding carboxylic acids is 1. The monoisotopic (exact) mass is 270 g/mol. The molecule has 0 aromatic heterocycles. The molecule has 0 aliphatic carbocycles. The maximum Gasteiger partial charge on any atom is 0.410 e. The molecule has 2 N–H and O–H groups in total. The summed E-state index contributed by atoms with van der Waals surface area (Å²) in [5.41, 5.74) is 5.61. The van der Waals surface area contributed by atoms with Crippen LogP contribution in [0.15, 0.2) is 0 Å². The predicted octanol–water partition coefficient (Wildman–Crippen LogP) is 1.89. The van der Waals surface area contributed by atoms with Gasteiger partial charge in [-0.15, -0.1) is 0 Å². The van der Waals surface area contributed by atoms with Crippen molar-refractivity contribution in [2.24, 2.45) is 5.73 Å². The van der Waals surface area contributed by atoms with E-state index in [0.717, 1.165) is 38.8 Å². The van der Waals surface area contributed by atoms with Crippen molar-refractivity contribution in [2.75, 3.05) is 19.7 Å². The number of hydrogen-bond acceptors (Lipinski definition) is 4. The molecule has 0 aromatic carbocycles. The molecule has 1 amide bonds. The molecule has 2 rings (SSSR count). The number of carbonyl (C=O) groups is 1. The van der Waals surface area contributed by atoms with E-state index in [1.165, 1.54) is 0 Å². The van der Waals surface area contributed by atoms with Gasteiger partial charge in [0.05, 0.1) is 11.6 Å². The van der Waals surface area contributed by atoms with Crippen molar-refractivity contribution in [3.8, 4) is 0 Å². The van der Waals surface area contributed by atoms with E-state index in [4.69, 9.17) is 15.2 Å². The summed E-state index contributed by atoms with van der Waals surface area (Å²) in [6.07, 6.45) is 3.71. The molecule has 0 aromatic rings. The summed E-state index contributed by atoms with van der Waals surface area (Å²) < 4.78 is 11.1. The van der Waals surface area contributed by atoms with Crippen molar-refractivity contribution >= 4 is 6.09 Å². The van der Waals surface area contributed by atoms with Gasteiger partial charge in [-0.3, -0.25) is 0 Å². The summed E-state index contributed by atoms with van der Waals surface area (Å²) in [6, 6.07) is 0. The van der Waals surface area contributed by atoms with Crippen LogP contribution in [-0.4, -0.2) is 47.9 Å². The fourth-order valence-electron chi connectivity index (χ4n) is 2.89. The molecule has 5 nitrogen and oxygen atoms in total. The average Bonchev–Trinajstić information content (AvgIpc) is 2.80. The second-order valence-electron chi connectivity index (χ2n) is 6.74. The van der Waals surface area contributed by atoms with Crippen molar-refractivity contribution in [2.45, 2.75) is 63.7 Å². The summed E-state index contributed by atoms with van der Waals surface area (Å²) in [7, 11) is 0. The first-order chi connectivity index (χ1) is 8.80. The van der Waals surface area contributed by atoms with Gasteiger partial charge in [0.15, 0.2) is 0 Å².